The van der Waals surface area contributed by atoms with E-state index in [1.807, 2.05) is 36.4 Å². The van der Waals surface area contributed by atoms with Crippen LogP contribution in [0.5, 0.6) is 5.75 Å². The molecule has 25 heavy (non-hydrogen) atoms. The summed E-state index contributed by atoms with van der Waals surface area (Å²) in [6.45, 7) is 0. The van der Waals surface area contributed by atoms with Crippen molar-refractivity contribution in [3.8, 4) is 11.8 Å². The number of carboxylic acid groups (broad SMARTS) is 1. The molecule has 0 fully saturated rings. The Hall–Kier alpha value is -3.58. The molecule has 0 bridgehead atoms. The molecular formula is C21H15NO3. The molecule has 0 heterocycles. The Balaban J connectivity index is 2.11. The Morgan fingerprint density at radius 2 is 1.64 bits per heavy atom. The predicted molar refractivity (Wildman–Crippen MR) is 97.4 cm³/mol. The number of fused-ring (bicyclic) bond motifs is 1. The molecule has 0 aliphatic rings. The zero-order valence-electron chi connectivity index (χ0n) is 13.6. The fourth-order valence-electron chi connectivity index (χ4n) is 2.73. The number of hydrogen-bond donors (Lipinski definition) is 1. The molecule has 122 valence electrons. The third-order valence-electron chi connectivity index (χ3n) is 4.00. The molecule has 4 nitrogen and oxygen atoms in total. The summed E-state index contributed by atoms with van der Waals surface area (Å²) in [6.07, 6.45) is 1.80. The van der Waals surface area contributed by atoms with Crippen molar-refractivity contribution in [3.05, 3.63) is 77.4 Å². The zero-order valence-corrected chi connectivity index (χ0v) is 13.6. The van der Waals surface area contributed by atoms with Crippen LogP contribution in [0.1, 0.15) is 21.5 Å². The Labute approximate surface area is 145 Å². The van der Waals surface area contributed by atoms with Gasteiger partial charge in [0.25, 0.3) is 0 Å². The van der Waals surface area contributed by atoms with E-state index in [4.69, 9.17) is 9.84 Å². The standard InChI is InChI=1S/C21H15NO3/c1-25-20-11-10-16(18-4-2-3-5-19(18)20)12-17(13-22)14-6-8-15(9-7-14)21(23)24/h2-12H,1H3,(H,23,24)/b17-12-. The first-order chi connectivity index (χ1) is 12.1. The van der Waals surface area contributed by atoms with Crippen LogP contribution in [-0.2, 0) is 0 Å². The maximum Gasteiger partial charge on any atom is 0.335 e. The van der Waals surface area contributed by atoms with Gasteiger partial charge in [-0.3, -0.25) is 0 Å². The molecule has 0 spiro atoms. The van der Waals surface area contributed by atoms with E-state index >= 15 is 0 Å². The molecule has 0 aliphatic heterocycles. The molecule has 0 unspecified atom stereocenters. The number of aromatic carboxylic acids is 1. The average molecular weight is 329 g/mol. The molecule has 3 rings (SSSR count). The van der Waals surface area contributed by atoms with Gasteiger partial charge in [-0.2, -0.15) is 5.26 Å². The molecule has 0 amide bonds. The fraction of sp³-hybridized carbons (Fsp3) is 0.0476. The summed E-state index contributed by atoms with van der Waals surface area (Å²) in [5, 5.41) is 20.5. The number of ether oxygens (including phenoxy) is 1. The second-order valence-electron chi connectivity index (χ2n) is 5.45. The van der Waals surface area contributed by atoms with Crippen LogP contribution in [0.4, 0.5) is 0 Å². The molecule has 0 radical (unpaired) electrons. The van der Waals surface area contributed by atoms with Gasteiger partial charge in [-0.15, -0.1) is 0 Å². The quantitative estimate of drug-likeness (QED) is 0.560. The smallest absolute Gasteiger partial charge is 0.335 e. The van der Waals surface area contributed by atoms with Crippen molar-refractivity contribution in [2.75, 3.05) is 7.11 Å². The SMILES string of the molecule is COc1ccc(/C=C(/C#N)c2ccc(C(=O)O)cc2)c2ccccc12. The Morgan fingerprint density at radius 3 is 2.24 bits per heavy atom. The van der Waals surface area contributed by atoms with Crippen molar-refractivity contribution in [1.29, 1.82) is 5.26 Å². The monoisotopic (exact) mass is 329 g/mol. The summed E-state index contributed by atoms with van der Waals surface area (Å²) in [4.78, 5) is 11.0. The van der Waals surface area contributed by atoms with Gasteiger partial charge in [0, 0.05) is 5.39 Å². The lowest BCUT2D eigenvalue weighted by Gasteiger charge is -2.08. The summed E-state index contributed by atoms with van der Waals surface area (Å²) in [5.41, 5.74) is 2.23. The van der Waals surface area contributed by atoms with E-state index in [-0.39, 0.29) is 5.56 Å². The van der Waals surface area contributed by atoms with Gasteiger partial charge >= 0.3 is 5.97 Å². The van der Waals surface area contributed by atoms with Gasteiger partial charge in [-0.05, 0) is 40.8 Å². The average Bonchev–Trinajstić information content (AvgIpc) is 2.66. The maximum absolute atomic E-state index is 11.0. The normalized spacial score (nSPS) is 11.1. The number of nitriles is 1. The number of methoxy groups -OCH3 is 1. The molecule has 0 aromatic heterocycles. The Kier molecular flexibility index (Phi) is 4.49. The largest absolute Gasteiger partial charge is 0.496 e. The summed E-state index contributed by atoms with van der Waals surface area (Å²) in [5.74, 6) is -0.216. The minimum Gasteiger partial charge on any atom is -0.496 e. The van der Waals surface area contributed by atoms with Crippen LogP contribution in [-0.4, -0.2) is 18.2 Å². The molecule has 3 aromatic carbocycles. The van der Waals surface area contributed by atoms with Crippen molar-refractivity contribution in [3.63, 3.8) is 0 Å². The third kappa shape index (κ3) is 3.22. The van der Waals surface area contributed by atoms with Crippen LogP contribution in [0, 0.1) is 11.3 Å². The van der Waals surface area contributed by atoms with Crippen LogP contribution in [0.3, 0.4) is 0 Å². The van der Waals surface area contributed by atoms with Gasteiger partial charge < -0.3 is 9.84 Å². The molecular weight excluding hydrogens is 314 g/mol. The highest BCUT2D eigenvalue weighted by Gasteiger charge is 2.08. The van der Waals surface area contributed by atoms with Crippen LogP contribution in [0.25, 0.3) is 22.4 Å². The van der Waals surface area contributed by atoms with Crippen LogP contribution >= 0.6 is 0 Å². The highest BCUT2D eigenvalue weighted by molar-refractivity contribution is 6.00. The molecule has 0 aliphatic carbocycles. The number of rotatable bonds is 4. The van der Waals surface area contributed by atoms with Crippen LogP contribution in [0.15, 0.2) is 60.7 Å². The molecule has 0 atom stereocenters. The summed E-state index contributed by atoms with van der Waals surface area (Å²) >= 11 is 0. The maximum atomic E-state index is 11.0. The molecule has 0 saturated heterocycles. The van der Waals surface area contributed by atoms with Crippen molar-refractivity contribution < 1.29 is 14.6 Å². The minimum atomic E-state index is -0.991. The topological polar surface area (TPSA) is 70.3 Å². The van der Waals surface area contributed by atoms with E-state index in [1.165, 1.54) is 12.1 Å². The first-order valence-corrected chi connectivity index (χ1v) is 7.65. The Morgan fingerprint density at radius 1 is 1.00 bits per heavy atom. The zero-order chi connectivity index (χ0) is 17.8. The van der Waals surface area contributed by atoms with Crippen molar-refractivity contribution in [2.45, 2.75) is 0 Å². The van der Waals surface area contributed by atoms with Gasteiger partial charge in [0.1, 0.15) is 5.75 Å². The number of allylic oxidation sites excluding steroid dienone is 1. The van der Waals surface area contributed by atoms with E-state index in [0.29, 0.717) is 11.1 Å². The van der Waals surface area contributed by atoms with Gasteiger partial charge in [-0.1, -0.05) is 42.5 Å². The van der Waals surface area contributed by atoms with E-state index in [1.54, 1.807) is 25.3 Å². The number of carbonyl (C=O) groups is 1. The number of benzene rings is 3. The minimum absolute atomic E-state index is 0.191. The molecule has 3 aromatic rings. The van der Waals surface area contributed by atoms with Crippen LogP contribution < -0.4 is 4.74 Å². The fourth-order valence-corrected chi connectivity index (χ4v) is 2.73. The third-order valence-corrected chi connectivity index (χ3v) is 4.00. The number of carboxylic acids is 1. The summed E-state index contributed by atoms with van der Waals surface area (Å²) in [7, 11) is 1.63. The van der Waals surface area contributed by atoms with E-state index in [2.05, 4.69) is 6.07 Å². The Bertz CT molecular complexity index is 1010. The van der Waals surface area contributed by atoms with E-state index < -0.39 is 5.97 Å². The lowest BCUT2D eigenvalue weighted by molar-refractivity contribution is 0.0697. The van der Waals surface area contributed by atoms with E-state index in [0.717, 1.165) is 22.1 Å². The van der Waals surface area contributed by atoms with Crippen molar-refractivity contribution >= 4 is 28.4 Å². The number of nitrogens with zero attached hydrogens (tertiary/aromatic N) is 1. The summed E-state index contributed by atoms with van der Waals surface area (Å²) < 4.78 is 5.39. The first-order valence-electron chi connectivity index (χ1n) is 7.65. The van der Waals surface area contributed by atoms with Crippen molar-refractivity contribution in [2.24, 2.45) is 0 Å². The van der Waals surface area contributed by atoms with E-state index in [9.17, 15) is 10.1 Å². The molecule has 4 heteroatoms. The predicted octanol–water partition coefficient (Wildman–Crippen LogP) is 4.61. The molecule has 1 N–H and O–H groups in total. The van der Waals surface area contributed by atoms with Gasteiger partial charge in [-0.25, -0.2) is 4.79 Å². The first kappa shape index (κ1) is 16.3. The highest BCUT2D eigenvalue weighted by atomic mass is 16.5. The lowest BCUT2D eigenvalue weighted by Crippen LogP contribution is -1.95. The molecule has 0 saturated carbocycles. The number of hydrogen-bond acceptors (Lipinski definition) is 3. The second-order valence-corrected chi connectivity index (χ2v) is 5.45. The van der Waals surface area contributed by atoms with Crippen LogP contribution in [0.2, 0.25) is 0 Å². The van der Waals surface area contributed by atoms with Gasteiger partial charge in [0.2, 0.25) is 0 Å². The van der Waals surface area contributed by atoms with Gasteiger partial charge in [0.15, 0.2) is 0 Å². The van der Waals surface area contributed by atoms with Gasteiger partial charge in [0.05, 0.1) is 24.3 Å². The highest BCUT2D eigenvalue weighted by Crippen LogP contribution is 2.30. The summed E-state index contributed by atoms with van der Waals surface area (Å²) in [6, 6.07) is 20.1. The van der Waals surface area contributed by atoms with Crippen molar-refractivity contribution in [1.82, 2.24) is 0 Å². The lowest BCUT2D eigenvalue weighted by atomic mass is 9.98. The second kappa shape index (κ2) is 6.90.